The molecule has 9 nitrogen and oxygen atoms in total. The van der Waals surface area contributed by atoms with Gasteiger partial charge in [0, 0.05) is 23.5 Å². The fourth-order valence-electron chi connectivity index (χ4n) is 2.99. The number of carbonyl (C=O) groups excluding carboxylic acids is 2. The topological polar surface area (TPSA) is 126 Å². The number of carbonyl (C=O) groups is 2. The standard InChI is InChI=1S/C24H24N4O5S/c1-25-34(31,32)22-14-17(9-11-21(22)33-2)10-12-23(29)28-19-8-5-6-18(15-19)24(30)27-16-20-7-3-4-13-26-20/h3-15,25H,16H2,1-2H3,(H,27,30)(H,28,29). The van der Waals surface area contributed by atoms with Crippen LogP contribution in [0, 0.1) is 0 Å². The quantitative estimate of drug-likeness (QED) is 0.404. The predicted molar refractivity (Wildman–Crippen MR) is 129 cm³/mol. The zero-order valence-electron chi connectivity index (χ0n) is 18.6. The molecule has 3 N–H and O–H groups in total. The monoisotopic (exact) mass is 480 g/mol. The molecule has 0 saturated heterocycles. The van der Waals surface area contributed by atoms with Gasteiger partial charge in [-0.3, -0.25) is 14.6 Å². The molecule has 34 heavy (non-hydrogen) atoms. The number of rotatable bonds is 9. The highest BCUT2D eigenvalue weighted by molar-refractivity contribution is 7.89. The number of amides is 2. The van der Waals surface area contributed by atoms with Gasteiger partial charge in [0.15, 0.2) is 0 Å². The van der Waals surface area contributed by atoms with E-state index in [1.165, 1.54) is 38.4 Å². The average Bonchev–Trinajstić information content (AvgIpc) is 2.86. The molecule has 0 unspecified atom stereocenters. The Labute approximate surface area is 197 Å². The SMILES string of the molecule is CNS(=O)(=O)c1cc(C=CC(=O)Nc2cccc(C(=O)NCc3ccccn3)c2)ccc1OC. The van der Waals surface area contributed by atoms with E-state index in [-0.39, 0.29) is 23.1 Å². The number of ether oxygens (including phenoxy) is 1. The van der Waals surface area contributed by atoms with E-state index in [2.05, 4.69) is 20.3 Å². The third-order valence-corrected chi connectivity index (χ3v) is 6.16. The van der Waals surface area contributed by atoms with Crippen molar-refractivity contribution in [3.05, 3.63) is 89.8 Å². The second-order valence-electron chi connectivity index (χ2n) is 7.02. The number of nitrogens with one attached hydrogen (secondary N) is 3. The maximum atomic E-state index is 12.4. The number of methoxy groups -OCH3 is 1. The van der Waals surface area contributed by atoms with E-state index in [1.54, 1.807) is 42.6 Å². The van der Waals surface area contributed by atoms with Crippen LogP contribution in [0.2, 0.25) is 0 Å². The van der Waals surface area contributed by atoms with Gasteiger partial charge in [0.05, 0.1) is 19.3 Å². The number of nitrogens with zero attached hydrogens (tertiary/aromatic N) is 1. The lowest BCUT2D eigenvalue weighted by Gasteiger charge is -2.09. The molecule has 1 heterocycles. The zero-order valence-corrected chi connectivity index (χ0v) is 19.4. The third kappa shape index (κ3) is 6.50. The van der Waals surface area contributed by atoms with Crippen molar-refractivity contribution in [2.75, 3.05) is 19.5 Å². The van der Waals surface area contributed by atoms with Gasteiger partial charge < -0.3 is 15.4 Å². The Morgan fingerprint density at radius 3 is 2.59 bits per heavy atom. The molecule has 3 rings (SSSR count). The summed E-state index contributed by atoms with van der Waals surface area (Å²) in [5, 5.41) is 5.47. The molecular weight excluding hydrogens is 456 g/mol. The molecule has 0 radical (unpaired) electrons. The van der Waals surface area contributed by atoms with E-state index < -0.39 is 15.9 Å². The molecule has 0 saturated carbocycles. The Kier molecular flexibility index (Phi) is 8.12. The van der Waals surface area contributed by atoms with Crippen LogP contribution in [0.25, 0.3) is 6.08 Å². The van der Waals surface area contributed by atoms with Gasteiger partial charge >= 0.3 is 0 Å². The number of anilines is 1. The number of sulfonamides is 1. The summed E-state index contributed by atoms with van der Waals surface area (Å²) in [6.07, 6.45) is 4.40. The molecular formula is C24H24N4O5S. The van der Waals surface area contributed by atoms with E-state index >= 15 is 0 Å². The van der Waals surface area contributed by atoms with E-state index in [1.807, 2.05) is 12.1 Å². The smallest absolute Gasteiger partial charge is 0.251 e. The fraction of sp³-hybridized carbons (Fsp3) is 0.125. The van der Waals surface area contributed by atoms with Gasteiger partial charge in [0.2, 0.25) is 15.9 Å². The number of benzene rings is 2. The van der Waals surface area contributed by atoms with Crippen LogP contribution < -0.4 is 20.1 Å². The van der Waals surface area contributed by atoms with Crippen LogP contribution >= 0.6 is 0 Å². The van der Waals surface area contributed by atoms with Crippen molar-refractivity contribution in [3.8, 4) is 5.75 Å². The molecule has 0 aliphatic rings. The van der Waals surface area contributed by atoms with Crippen molar-refractivity contribution < 1.29 is 22.7 Å². The Bertz CT molecular complexity index is 1310. The van der Waals surface area contributed by atoms with Crippen LogP contribution in [0.15, 0.2) is 77.8 Å². The minimum absolute atomic E-state index is 0.0375. The van der Waals surface area contributed by atoms with E-state index in [0.29, 0.717) is 16.8 Å². The minimum atomic E-state index is -3.74. The van der Waals surface area contributed by atoms with Gasteiger partial charge in [-0.25, -0.2) is 13.1 Å². The molecule has 1 aromatic heterocycles. The van der Waals surface area contributed by atoms with E-state index in [4.69, 9.17) is 4.74 Å². The maximum Gasteiger partial charge on any atom is 0.251 e. The summed E-state index contributed by atoms with van der Waals surface area (Å²) in [4.78, 5) is 28.9. The Hall–Kier alpha value is -4.02. The molecule has 0 fully saturated rings. The van der Waals surface area contributed by atoms with Crippen molar-refractivity contribution in [2.24, 2.45) is 0 Å². The summed E-state index contributed by atoms with van der Waals surface area (Å²) < 4.78 is 31.7. The maximum absolute atomic E-state index is 12.4. The summed E-state index contributed by atoms with van der Waals surface area (Å²) >= 11 is 0. The Morgan fingerprint density at radius 1 is 1.06 bits per heavy atom. The number of pyridine rings is 1. The molecule has 0 atom stereocenters. The first-order valence-electron chi connectivity index (χ1n) is 10.2. The van der Waals surface area contributed by atoms with Crippen LogP contribution in [0.1, 0.15) is 21.6 Å². The summed E-state index contributed by atoms with van der Waals surface area (Å²) in [7, 11) is -1.06. The molecule has 10 heteroatoms. The fourth-order valence-corrected chi connectivity index (χ4v) is 3.91. The molecule has 3 aromatic rings. The van der Waals surface area contributed by atoms with Crippen LogP contribution in [0.4, 0.5) is 5.69 Å². The first-order valence-corrected chi connectivity index (χ1v) is 11.7. The van der Waals surface area contributed by atoms with Crippen LogP contribution in [-0.2, 0) is 21.4 Å². The predicted octanol–water partition coefficient (Wildman–Crippen LogP) is 2.58. The first kappa shape index (κ1) is 24.6. The van der Waals surface area contributed by atoms with Gasteiger partial charge in [0.1, 0.15) is 10.6 Å². The molecule has 0 bridgehead atoms. The molecule has 176 valence electrons. The Morgan fingerprint density at radius 2 is 1.88 bits per heavy atom. The third-order valence-electron chi connectivity index (χ3n) is 4.72. The first-order chi connectivity index (χ1) is 16.3. The summed E-state index contributed by atoms with van der Waals surface area (Å²) in [5.41, 5.74) is 2.05. The molecule has 2 amide bonds. The molecule has 0 spiro atoms. The van der Waals surface area contributed by atoms with Gasteiger partial charge in [-0.2, -0.15) is 0 Å². The van der Waals surface area contributed by atoms with Gasteiger partial charge in [-0.05, 0) is 61.2 Å². The molecule has 2 aromatic carbocycles. The second-order valence-corrected chi connectivity index (χ2v) is 8.88. The largest absolute Gasteiger partial charge is 0.495 e. The van der Waals surface area contributed by atoms with Gasteiger partial charge in [-0.1, -0.05) is 18.2 Å². The summed E-state index contributed by atoms with van der Waals surface area (Å²) in [5.74, 6) is -0.553. The van der Waals surface area contributed by atoms with Crippen LogP contribution in [0.5, 0.6) is 5.75 Å². The van der Waals surface area contributed by atoms with Gasteiger partial charge in [0.25, 0.3) is 5.91 Å². The lowest BCUT2D eigenvalue weighted by atomic mass is 10.1. The number of aromatic nitrogens is 1. The van der Waals surface area contributed by atoms with Crippen LogP contribution in [-0.4, -0.2) is 39.4 Å². The highest BCUT2D eigenvalue weighted by atomic mass is 32.2. The second kappa shape index (κ2) is 11.2. The average molecular weight is 481 g/mol. The molecule has 0 aliphatic carbocycles. The van der Waals surface area contributed by atoms with Crippen molar-refractivity contribution in [3.63, 3.8) is 0 Å². The zero-order chi connectivity index (χ0) is 24.6. The highest BCUT2D eigenvalue weighted by Gasteiger charge is 2.17. The lowest BCUT2D eigenvalue weighted by molar-refractivity contribution is -0.111. The molecule has 0 aliphatic heterocycles. The van der Waals surface area contributed by atoms with E-state index in [9.17, 15) is 18.0 Å². The number of hydrogen-bond donors (Lipinski definition) is 3. The lowest BCUT2D eigenvalue weighted by Crippen LogP contribution is -2.23. The van der Waals surface area contributed by atoms with E-state index in [0.717, 1.165) is 5.69 Å². The Balaban J connectivity index is 1.66. The van der Waals surface area contributed by atoms with Crippen molar-refractivity contribution in [2.45, 2.75) is 11.4 Å². The summed E-state index contributed by atoms with van der Waals surface area (Å²) in [6.45, 7) is 0.284. The van der Waals surface area contributed by atoms with Crippen molar-refractivity contribution in [1.29, 1.82) is 0 Å². The van der Waals surface area contributed by atoms with Crippen LogP contribution in [0.3, 0.4) is 0 Å². The highest BCUT2D eigenvalue weighted by Crippen LogP contribution is 2.25. The van der Waals surface area contributed by atoms with Crippen molar-refractivity contribution in [1.82, 2.24) is 15.0 Å². The number of hydrogen-bond acceptors (Lipinski definition) is 6. The summed E-state index contributed by atoms with van der Waals surface area (Å²) in [6, 6.07) is 16.5. The van der Waals surface area contributed by atoms with Gasteiger partial charge in [-0.15, -0.1) is 0 Å². The minimum Gasteiger partial charge on any atom is -0.495 e. The normalized spacial score (nSPS) is 11.2. The van der Waals surface area contributed by atoms with Crippen molar-refractivity contribution >= 4 is 33.6 Å².